The van der Waals surface area contributed by atoms with Gasteiger partial charge in [0.15, 0.2) is 0 Å². The zero-order valence-corrected chi connectivity index (χ0v) is 9.66. The SMILES string of the molecule is CCCO[C@H](CC(=O)[O-])C(=O)[O-].[Ca+2]. The standard InChI is InChI=1S/C7H12O5.Ca/c1-2-3-12-5(7(10)11)4-6(8)9;/h5H,2-4H2,1H3,(H,8,9)(H,10,11);/q;+2/p-2/t5-;/m1./s1. The fourth-order valence-corrected chi connectivity index (χ4v) is 0.622. The van der Waals surface area contributed by atoms with Crippen molar-refractivity contribution in [2.24, 2.45) is 0 Å². The van der Waals surface area contributed by atoms with Crippen LogP contribution < -0.4 is 10.2 Å². The topological polar surface area (TPSA) is 89.5 Å². The maximum Gasteiger partial charge on any atom is 2.00 e. The third-order valence-electron chi connectivity index (χ3n) is 1.14. The predicted molar refractivity (Wildman–Crippen MR) is 40.4 cm³/mol. The molecule has 0 aliphatic carbocycles. The van der Waals surface area contributed by atoms with Crippen molar-refractivity contribution in [3.63, 3.8) is 0 Å². The second kappa shape index (κ2) is 8.74. The van der Waals surface area contributed by atoms with Gasteiger partial charge in [-0.15, -0.1) is 0 Å². The van der Waals surface area contributed by atoms with Crippen molar-refractivity contribution in [1.29, 1.82) is 0 Å². The monoisotopic (exact) mass is 214 g/mol. The molecule has 0 rings (SSSR count). The van der Waals surface area contributed by atoms with Crippen molar-refractivity contribution in [3.8, 4) is 0 Å². The van der Waals surface area contributed by atoms with Crippen LogP contribution in [-0.4, -0.2) is 62.4 Å². The average molecular weight is 214 g/mol. The first-order valence-electron chi connectivity index (χ1n) is 3.60. The van der Waals surface area contributed by atoms with Crippen molar-refractivity contribution in [2.75, 3.05) is 6.61 Å². The zero-order valence-electron chi connectivity index (χ0n) is 7.45. The van der Waals surface area contributed by atoms with E-state index in [0.29, 0.717) is 6.42 Å². The van der Waals surface area contributed by atoms with Crippen LogP contribution in [0, 0.1) is 0 Å². The van der Waals surface area contributed by atoms with Gasteiger partial charge >= 0.3 is 37.7 Å². The maximum absolute atomic E-state index is 10.2. The number of carboxylic acid groups (broad SMARTS) is 2. The molecular weight excluding hydrogens is 204 g/mol. The molecule has 0 spiro atoms. The van der Waals surface area contributed by atoms with Crippen LogP contribution in [0.5, 0.6) is 0 Å². The average Bonchev–Trinajstić information content (AvgIpc) is 1.96. The fourth-order valence-electron chi connectivity index (χ4n) is 0.622. The maximum atomic E-state index is 10.2. The number of hydrogen-bond donors (Lipinski definition) is 0. The normalized spacial score (nSPS) is 11.5. The molecule has 0 unspecified atom stereocenters. The summed E-state index contributed by atoms with van der Waals surface area (Å²) in [4.78, 5) is 20.2. The summed E-state index contributed by atoms with van der Waals surface area (Å²) in [5, 5.41) is 20.2. The molecule has 1 atom stereocenters. The van der Waals surface area contributed by atoms with Gasteiger partial charge < -0.3 is 24.5 Å². The molecule has 0 fully saturated rings. The van der Waals surface area contributed by atoms with E-state index >= 15 is 0 Å². The molecule has 70 valence electrons. The quantitative estimate of drug-likeness (QED) is 0.448. The largest absolute Gasteiger partial charge is 2.00 e. The molecule has 0 N–H and O–H groups in total. The van der Waals surface area contributed by atoms with Crippen molar-refractivity contribution in [2.45, 2.75) is 25.9 Å². The smallest absolute Gasteiger partial charge is 0.550 e. The summed E-state index contributed by atoms with van der Waals surface area (Å²) in [6, 6.07) is 0. The number of hydrogen-bond acceptors (Lipinski definition) is 5. The van der Waals surface area contributed by atoms with Crippen LogP contribution in [0.25, 0.3) is 0 Å². The minimum atomic E-state index is -1.52. The third kappa shape index (κ3) is 8.49. The van der Waals surface area contributed by atoms with E-state index in [9.17, 15) is 19.8 Å². The third-order valence-corrected chi connectivity index (χ3v) is 1.14. The summed E-state index contributed by atoms with van der Waals surface area (Å²) < 4.78 is 4.68. The minimum absolute atomic E-state index is 0. The Labute approximate surface area is 106 Å². The van der Waals surface area contributed by atoms with E-state index in [1.807, 2.05) is 0 Å². The molecule has 0 heterocycles. The molecule has 0 aromatic rings. The van der Waals surface area contributed by atoms with Crippen LogP contribution in [0.15, 0.2) is 0 Å². The van der Waals surface area contributed by atoms with E-state index < -0.39 is 24.5 Å². The van der Waals surface area contributed by atoms with Gasteiger partial charge in [0, 0.05) is 19.0 Å². The van der Waals surface area contributed by atoms with E-state index in [1.54, 1.807) is 6.92 Å². The number of carbonyl (C=O) groups excluding carboxylic acids is 2. The van der Waals surface area contributed by atoms with E-state index in [1.165, 1.54) is 0 Å². The number of ether oxygens (including phenoxy) is 1. The predicted octanol–water partition coefficient (Wildman–Crippen LogP) is -2.71. The second-order valence-electron chi connectivity index (χ2n) is 2.25. The summed E-state index contributed by atoms with van der Waals surface area (Å²) in [5.41, 5.74) is 0. The number of aliphatic carboxylic acids is 2. The number of carboxylic acids is 2. The van der Waals surface area contributed by atoms with Crippen LogP contribution in [0.4, 0.5) is 0 Å². The van der Waals surface area contributed by atoms with Gasteiger partial charge in [-0.05, 0) is 6.42 Å². The Kier molecular flexibility index (Phi) is 10.5. The molecule has 0 radical (unpaired) electrons. The fraction of sp³-hybridized carbons (Fsp3) is 0.714. The van der Waals surface area contributed by atoms with E-state index in [-0.39, 0.29) is 44.3 Å². The Morgan fingerprint density at radius 1 is 1.38 bits per heavy atom. The molecule has 6 heteroatoms. The Morgan fingerprint density at radius 3 is 2.23 bits per heavy atom. The molecule has 5 nitrogen and oxygen atoms in total. The summed E-state index contributed by atoms with van der Waals surface area (Å²) in [5.74, 6) is -2.98. The molecule has 0 amide bonds. The molecule has 0 saturated carbocycles. The van der Waals surface area contributed by atoms with Crippen molar-refractivity contribution >= 4 is 49.7 Å². The van der Waals surface area contributed by atoms with Gasteiger partial charge in [0.25, 0.3) is 0 Å². The van der Waals surface area contributed by atoms with Crippen LogP contribution in [0.2, 0.25) is 0 Å². The summed E-state index contributed by atoms with van der Waals surface area (Å²) in [7, 11) is 0. The molecule has 0 saturated heterocycles. The molecule has 0 aromatic carbocycles. The van der Waals surface area contributed by atoms with Gasteiger partial charge in [-0.2, -0.15) is 0 Å². The number of carbonyl (C=O) groups is 2. The van der Waals surface area contributed by atoms with Crippen molar-refractivity contribution in [1.82, 2.24) is 0 Å². The first-order valence-corrected chi connectivity index (χ1v) is 3.60. The first kappa shape index (κ1) is 15.6. The van der Waals surface area contributed by atoms with E-state index in [2.05, 4.69) is 4.74 Å². The van der Waals surface area contributed by atoms with E-state index in [0.717, 1.165) is 0 Å². The second-order valence-corrected chi connectivity index (χ2v) is 2.25. The molecular formula is C7H10CaO5. The Bertz CT molecular complexity index is 170. The minimum Gasteiger partial charge on any atom is -0.550 e. The Hall–Kier alpha value is 0.160. The van der Waals surface area contributed by atoms with Gasteiger partial charge in [-0.3, -0.25) is 0 Å². The van der Waals surface area contributed by atoms with Crippen LogP contribution >= 0.6 is 0 Å². The molecule has 0 aliphatic rings. The van der Waals surface area contributed by atoms with Crippen LogP contribution in [0.1, 0.15) is 19.8 Å². The van der Waals surface area contributed by atoms with E-state index in [4.69, 9.17) is 0 Å². The number of rotatable bonds is 6. The zero-order chi connectivity index (χ0) is 9.56. The molecule has 0 aliphatic heterocycles. The van der Waals surface area contributed by atoms with Gasteiger partial charge in [-0.25, -0.2) is 0 Å². The first-order chi connectivity index (χ1) is 5.57. The summed E-state index contributed by atoms with van der Waals surface area (Å²) >= 11 is 0. The molecule has 0 bridgehead atoms. The van der Waals surface area contributed by atoms with Gasteiger partial charge in [0.2, 0.25) is 0 Å². The summed E-state index contributed by atoms with van der Waals surface area (Å²) in [6.45, 7) is 1.98. The van der Waals surface area contributed by atoms with Crippen molar-refractivity contribution in [3.05, 3.63) is 0 Å². The van der Waals surface area contributed by atoms with Gasteiger partial charge in [0.05, 0.1) is 5.97 Å². The molecule has 0 aromatic heterocycles. The van der Waals surface area contributed by atoms with Crippen molar-refractivity contribution < 1.29 is 24.5 Å². The molecule has 13 heavy (non-hydrogen) atoms. The van der Waals surface area contributed by atoms with Crippen LogP contribution in [0.3, 0.4) is 0 Å². The van der Waals surface area contributed by atoms with Gasteiger partial charge in [-0.1, -0.05) is 6.92 Å². The Morgan fingerprint density at radius 2 is 1.92 bits per heavy atom. The summed E-state index contributed by atoms with van der Waals surface area (Å²) in [6.07, 6.45) is -1.44. The van der Waals surface area contributed by atoms with Gasteiger partial charge in [0.1, 0.15) is 6.10 Å². The van der Waals surface area contributed by atoms with Crippen LogP contribution in [-0.2, 0) is 14.3 Å². The Balaban J connectivity index is 0.